The predicted molar refractivity (Wildman–Crippen MR) is 245 cm³/mol. The molecule has 70 heavy (non-hydrogen) atoms. The van der Waals surface area contributed by atoms with Crippen molar-refractivity contribution in [2.75, 3.05) is 6.54 Å². The van der Waals surface area contributed by atoms with Gasteiger partial charge >= 0.3 is 59.8 Å². The summed E-state index contributed by atoms with van der Waals surface area (Å²) in [6.45, 7) is 14.6. The van der Waals surface area contributed by atoms with Crippen LogP contribution in [0.3, 0.4) is 0 Å². The fourth-order valence-electron chi connectivity index (χ4n) is 4.42. The van der Waals surface area contributed by atoms with Crippen LogP contribution < -0.4 is 39.3 Å². The number of carboxylic acid groups (broad SMARTS) is 7. The molecule has 1 aromatic rings. The van der Waals surface area contributed by atoms with E-state index >= 15 is 0 Å². The Morgan fingerprint density at radius 1 is 0.729 bits per heavy atom. The number of aromatic nitrogens is 2. The molecule has 0 radical (unpaired) electrons. The van der Waals surface area contributed by atoms with Crippen LogP contribution in [0, 0.1) is 11.8 Å². The zero-order valence-electron chi connectivity index (χ0n) is 40.6. The van der Waals surface area contributed by atoms with E-state index in [1.807, 2.05) is 13.8 Å². The molecule has 0 saturated carbocycles. The van der Waals surface area contributed by atoms with E-state index in [4.69, 9.17) is 79.0 Å². The second kappa shape index (κ2) is 37.5. The number of ether oxygens (including phenoxy) is 2. The molecular formula is C41H75N9O20. The predicted octanol–water partition coefficient (Wildman–Crippen LogP) is -1.53. The molecule has 0 aliphatic carbocycles. The quantitative estimate of drug-likeness (QED) is 0.0520. The summed E-state index contributed by atoms with van der Waals surface area (Å²) < 4.78 is 9.70. The highest BCUT2D eigenvalue weighted by Crippen LogP contribution is 2.10. The summed E-state index contributed by atoms with van der Waals surface area (Å²) in [6, 6.07) is -6.13. The normalized spacial score (nSPS) is 15.5. The van der Waals surface area contributed by atoms with Crippen LogP contribution in [-0.4, -0.2) is 171 Å². The highest BCUT2D eigenvalue weighted by Gasteiger charge is 2.28. The Balaban J connectivity index is -0.000000384. The molecule has 8 atom stereocenters. The molecular weight excluding hydrogens is 938 g/mol. The monoisotopic (exact) mass is 1010 g/mol. The highest BCUT2D eigenvalue weighted by atomic mass is 16.6. The third-order valence-corrected chi connectivity index (χ3v) is 8.27. The Kier molecular flexibility index (Phi) is 37.6. The Morgan fingerprint density at radius 2 is 1.20 bits per heavy atom. The SMILES string of the molecule is CC(C)C[C@H](N)C(=O)O.CC(C)[C@H](NC(=O)OC(C)(C)C)C(=O)O.C[C@@H](O)[C@H](N)C(=O)O.N[C@@H](CCC(=O)O)C(=O)O.N[C@@H](CCC(=O)O)C(=O)O.N[C@@H](Cc1cnc[nH]1)C(=O)OC(=O)[C@@H]1CCCN1. The van der Waals surface area contributed by atoms with E-state index in [-0.39, 0.29) is 44.1 Å². The van der Waals surface area contributed by atoms with Gasteiger partial charge < -0.3 is 94.6 Å². The number of carbonyl (C=O) groups excluding carboxylic acids is 3. The second-order valence-electron chi connectivity index (χ2n) is 16.9. The van der Waals surface area contributed by atoms with Crippen molar-refractivity contribution in [1.29, 1.82) is 0 Å². The van der Waals surface area contributed by atoms with Crippen molar-refractivity contribution in [3.63, 3.8) is 0 Å². The van der Waals surface area contributed by atoms with Crippen LogP contribution in [0.5, 0.6) is 0 Å². The minimum absolute atomic E-state index is 0.0231. The standard InChI is InChI=1S/C11H16N4O3.C10H19NO4.C6H13NO2.2C5H9NO4.C4H9NO3/c12-8(4-7-5-13-6-15-7)10(16)18-11(17)9-2-1-3-14-9;1-6(2)7(8(12)13)11-9(14)15-10(3,4)5;1-4(2)3-5(7)6(8)9;2*6-3(5(9)10)1-2-4(7)8;1-2(6)3(5)4(7)8/h5-6,8-9,14H,1-4,12H2,(H,13,15);6-7H,1-5H3,(H,11,14)(H,12,13);4-5H,3,7H2,1-2H3,(H,8,9);2*3H,1-2,6H2,(H,7,8)(H,9,10);2-3,6H,5H2,1H3,(H,7,8)/t8-,9-;7-;5-;2*3-;2-,3+/m000001/s1. The van der Waals surface area contributed by atoms with Crippen molar-refractivity contribution in [3.05, 3.63) is 18.2 Å². The first-order chi connectivity index (χ1) is 32.0. The van der Waals surface area contributed by atoms with Crippen LogP contribution in [0.2, 0.25) is 0 Å². The number of nitrogens with two attached hydrogens (primary N) is 5. The van der Waals surface area contributed by atoms with Gasteiger partial charge in [0, 0.05) is 31.2 Å². The zero-order valence-corrected chi connectivity index (χ0v) is 40.6. The minimum atomic E-state index is -1.18. The molecule has 404 valence electrons. The molecule has 29 nitrogen and oxygen atoms in total. The molecule has 29 heteroatoms. The number of alkyl carbamates (subject to hydrolysis) is 1. The number of carbonyl (C=O) groups is 10. The summed E-state index contributed by atoms with van der Waals surface area (Å²) in [7, 11) is 0. The van der Waals surface area contributed by atoms with Crippen molar-refractivity contribution in [2.45, 2.75) is 161 Å². The third-order valence-electron chi connectivity index (χ3n) is 8.27. The zero-order chi connectivity index (χ0) is 55.6. The number of amides is 1. The Labute approximate surface area is 404 Å². The van der Waals surface area contributed by atoms with Gasteiger partial charge in [0.15, 0.2) is 0 Å². The van der Waals surface area contributed by atoms with Gasteiger partial charge in [-0.3, -0.25) is 28.8 Å². The average Bonchev–Trinajstić information content (AvgIpc) is 3.96. The van der Waals surface area contributed by atoms with Gasteiger partial charge in [0.05, 0.1) is 12.4 Å². The van der Waals surface area contributed by atoms with Crippen molar-refractivity contribution in [1.82, 2.24) is 20.6 Å². The van der Waals surface area contributed by atoms with Gasteiger partial charge in [-0.2, -0.15) is 0 Å². The van der Waals surface area contributed by atoms with E-state index in [1.54, 1.807) is 40.8 Å². The van der Waals surface area contributed by atoms with Crippen LogP contribution in [0.1, 0.15) is 106 Å². The summed E-state index contributed by atoms with van der Waals surface area (Å²) >= 11 is 0. The van der Waals surface area contributed by atoms with Crippen LogP contribution in [-0.2, 0) is 59.0 Å². The first kappa shape index (κ1) is 70.2. The van der Waals surface area contributed by atoms with E-state index in [1.165, 1.54) is 13.3 Å². The first-order valence-corrected chi connectivity index (χ1v) is 21.5. The van der Waals surface area contributed by atoms with E-state index in [9.17, 15) is 47.9 Å². The third kappa shape index (κ3) is 40.7. The van der Waals surface area contributed by atoms with Gasteiger partial charge in [0.1, 0.15) is 47.9 Å². The number of aliphatic hydroxyl groups excluding tert-OH is 1. The Hall–Kier alpha value is -6.37. The molecule has 1 amide bonds. The van der Waals surface area contributed by atoms with Gasteiger partial charge in [-0.1, -0.05) is 27.7 Å². The number of aliphatic hydroxyl groups is 1. The number of aromatic amines is 1. The van der Waals surface area contributed by atoms with Gasteiger partial charge in [-0.15, -0.1) is 0 Å². The molecule has 0 bridgehead atoms. The summed E-state index contributed by atoms with van der Waals surface area (Å²) in [5, 5.41) is 71.5. The molecule has 0 aromatic carbocycles. The lowest BCUT2D eigenvalue weighted by molar-refractivity contribution is -0.162. The number of H-pyrrole nitrogens is 1. The average molecular weight is 1010 g/mol. The molecule has 1 aliphatic rings. The van der Waals surface area contributed by atoms with E-state index in [0.29, 0.717) is 18.8 Å². The van der Waals surface area contributed by atoms with E-state index < -0.39 is 108 Å². The number of aliphatic carboxylic acids is 7. The van der Waals surface area contributed by atoms with Crippen LogP contribution >= 0.6 is 0 Å². The lowest BCUT2D eigenvalue weighted by Crippen LogP contribution is -2.46. The molecule has 0 spiro atoms. The van der Waals surface area contributed by atoms with Gasteiger partial charge in [0.25, 0.3) is 0 Å². The first-order valence-electron chi connectivity index (χ1n) is 21.5. The van der Waals surface area contributed by atoms with Gasteiger partial charge in [0.2, 0.25) is 0 Å². The number of carboxylic acids is 7. The molecule has 1 fully saturated rings. The Morgan fingerprint density at radius 3 is 1.47 bits per heavy atom. The molecule has 1 saturated heterocycles. The number of hydrogen-bond donors (Lipinski definition) is 16. The highest BCUT2D eigenvalue weighted by molar-refractivity contribution is 5.91. The maximum atomic E-state index is 11.6. The van der Waals surface area contributed by atoms with Crippen LogP contribution in [0.25, 0.3) is 0 Å². The second-order valence-corrected chi connectivity index (χ2v) is 16.9. The lowest BCUT2D eigenvalue weighted by Gasteiger charge is -2.23. The maximum Gasteiger partial charge on any atom is 0.408 e. The number of rotatable bonds is 20. The number of nitrogens with zero attached hydrogens (tertiary/aromatic N) is 1. The topological polar surface area (TPSA) is 534 Å². The summed E-state index contributed by atoms with van der Waals surface area (Å²) in [4.78, 5) is 112. The van der Waals surface area contributed by atoms with E-state index in [0.717, 1.165) is 18.7 Å². The molecule has 1 aliphatic heterocycles. The van der Waals surface area contributed by atoms with Crippen molar-refractivity contribution in [2.24, 2.45) is 40.5 Å². The van der Waals surface area contributed by atoms with Crippen LogP contribution in [0.4, 0.5) is 4.79 Å². The smallest absolute Gasteiger partial charge is 0.408 e. The molecule has 0 unspecified atom stereocenters. The summed E-state index contributed by atoms with van der Waals surface area (Å²) in [6.07, 6.45) is 3.37. The number of nitrogens with one attached hydrogen (secondary N) is 3. The maximum absolute atomic E-state index is 11.6. The van der Waals surface area contributed by atoms with Gasteiger partial charge in [-0.25, -0.2) is 24.2 Å². The Bertz CT molecular complexity index is 1720. The molecule has 1 aromatic heterocycles. The number of esters is 2. The fraction of sp³-hybridized carbons (Fsp3) is 0.683. The lowest BCUT2D eigenvalue weighted by atomic mass is 10.1. The van der Waals surface area contributed by atoms with Gasteiger partial charge in [-0.05, 0) is 78.2 Å². The molecule has 2 heterocycles. The number of hydrogen-bond acceptors (Lipinski definition) is 20. The summed E-state index contributed by atoms with van der Waals surface area (Å²) in [5.41, 5.74) is 25.9. The van der Waals surface area contributed by atoms with Crippen molar-refractivity contribution < 1.29 is 98.3 Å². The fourth-order valence-corrected chi connectivity index (χ4v) is 4.42. The summed E-state index contributed by atoms with van der Waals surface area (Å²) in [5.74, 6) is -8.62. The van der Waals surface area contributed by atoms with Crippen LogP contribution in [0.15, 0.2) is 12.5 Å². The van der Waals surface area contributed by atoms with Crippen molar-refractivity contribution >= 4 is 59.8 Å². The molecule has 2 rings (SSSR count). The van der Waals surface area contributed by atoms with Crippen molar-refractivity contribution in [3.8, 4) is 0 Å². The minimum Gasteiger partial charge on any atom is -0.481 e. The largest absolute Gasteiger partial charge is 0.481 e. The number of imidazole rings is 1. The molecule has 21 N–H and O–H groups in total. The van der Waals surface area contributed by atoms with E-state index in [2.05, 4.69) is 20.6 Å².